The lowest BCUT2D eigenvalue weighted by Gasteiger charge is -2.13. The number of fused-ring (bicyclic) bond motifs is 1. The lowest BCUT2D eigenvalue weighted by atomic mass is 10.1. The molecule has 3 N–H and O–H groups in total. The zero-order chi connectivity index (χ0) is 16.8. The van der Waals surface area contributed by atoms with Crippen molar-refractivity contribution in [2.24, 2.45) is 5.73 Å². The van der Waals surface area contributed by atoms with Gasteiger partial charge in [0, 0.05) is 29.7 Å². The number of nitrogens with one attached hydrogen (secondary N) is 1. The number of aryl methyl sites for hydroxylation is 1. The molecular formula is C17H23Cl2N3O2. The van der Waals surface area contributed by atoms with Gasteiger partial charge in [0.2, 0.25) is 5.43 Å². The molecule has 1 heterocycles. The molecule has 0 aliphatic carbocycles. The minimum atomic E-state index is -0.356. The van der Waals surface area contributed by atoms with Gasteiger partial charge in [0.1, 0.15) is 5.56 Å². The highest BCUT2D eigenvalue weighted by molar-refractivity contribution is 6.31. The number of hydrogen-bond donors (Lipinski definition) is 2. The van der Waals surface area contributed by atoms with Crippen LogP contribution in [0.2, 0.25) is 5.02 Å². The van der Waals surface area contributed by atoms with Gasteiger partial charge in [-0.1, -0.05) is 24.9 Å². The summed E-state index contributed by atoms with van der Waals surface area (Å²) in [5.74, 6) is -0.356. The fourth-order valence-corrected chi connectivity index (χ4v) is 2.60. The molecule has 0 fully saturated rings. The number of aromatic nitrogens is 1. The summed E-state index contributed by atoms with van der Waals surface area (Å²) in [6.07, 6.45) is 4.29. The van der Waals surface area contributed by atoms with Crippen LogP contribution in [0.3, 0.4) is 0 Å². The summed E-state index contributed by atoms with van der Waals surface area (Å²) in [5.41, 5.74) is 6.07. The van der Waals surface area contributed by atoms with E-state index in [1.54, 1.807) is 24.4 Å². The topological polar surface area (TPSA) is 77.1 Å². The third-order valence-electron chi connectivity index (χ3n) is 3.71. The summed E-state index contributed by atoms with van der Waals surface area (Å²) in [6.45, 7) is 3.79. The first-order valence-corrected chi connectivity index (χ1v) is 8.27. The van der Waals surface area contributed by atoms with E-state index in [1.165, 1.54) is 0 Å². The average Bonchev–Trinajstić information content (AvgIpc) is 2.54. The number of carbonyl (C=O) groups is 1. The Morgan fingerprint density at radius 2 is 2.08 bits per heavy atom. The quantitative estimate of drug-likeness (QED) is 0.734. The molecule has 0 saturated carbocycles. The Hall–Kier alpha value is -1.56. The largest absolute Gasteiger partial charge is 0.352 e. The minimum Gasteiger partial charge on any atom is -0.352 e. The molecule has 0 spiro atoms. The second-order valence-corrected chi connectivity index (χ2v) is 5.91. The smallest absolute Gasteiger partial charge is 0.256 e. The summed E-state index contributed by atoms with van der Waals surface area (Å²) in [4.78, 5) is 24.9. The van der Waals surface area contributed by atoms with Crippen molar-refractivity contribution in [2.75, 3.05) is 13.1 Å². The first kappa shape index (κ1) is 20.5. The number of nitrogens with two attached hydrogens (primary N) is 1. The number of benzene rings is 1. The molecule has 0 aliphatic heterocycles. The van der Waals surface area contributed by atoms with E-state index < -0.39 is 0 Å². The summed E-state index contributed by atoms with van der Waals surface area (Å²) >= 11 is 6.06. The monoisotopic (exact) mass is 371 g/mol. The highest BCUT2D eigenvalue weighted by atomic mass is 35.5. The van der Waals surface area contributed by atoms with Crippen LogP contribution >= 0.6 is 24.0 Å². The van der Waals surface area contributed by atoms with E-state index in [0.29, 0.717) is 29.9 Å². The van der Waals surface area contributed by atoms with E-state index in [1.807, 2.05) is 4.57 Å². The van der Waals surface area contributed by atoms with E-state index in [4.69, 9.17) is 17.3 Å². The number of halogens is 2. The number of pyridine rings is 1. The Morgan fingerprint density at radius 1 is 1.33 bits per heavy atom. The van der Waals surface area contributed by atoms with Crippen LogP contribution in [0.1, 0.15) is 36.5 Å². The number of carbonyl (C=O) groups excluding carboxylic acids is 1. The summed E-state index contributed by atoms with van der Waals surface area (Å²) in [7, 11) is 0. The molecule has 1 aromatic heterocycles. The zero-order valence-electron chi connectivity index (χ0n) is 13.7. The van der Waals surface area contributed by atoms with Gasteiger partial charge in [-0.25, -0.2) is 0 Å². The van der Waals surface area contributed by atoms with Gasteiger partial charge in [0.05, 0.1) is 5.52 Å². The molecule has 7 heteroatoms. The van der Waals surface area contributed by atoms with Gasteiger partial charge in [0.15, 0.2) is 0 Å². The second kappa shape index (κ2) is 9.67. The predicted molar refractivity (Wildman–Crippen MR) is 101 cm³/mol. The molecular weight excluding hydrogens is 349 g/mol. The lowest BCUT2D eigenvalue weighted by Crippen LogP contribution is -2.31. The molecule has 24 heavy (non-hydrogen) atoms. The fraction of sp³-hybridized carbons (Fsp3) is 0.412. The maximum atomic E-state index is 12.6. The first-order chi connectivity index (χ1) is 11.1. The van der Waals surface area contributed by atoms with Gasteiger partial charge in [0.25, 0.3) is 5.91 Å². The van der Waals surface area contributed by atoms with Crippen molar-refractivity contribution in [3.63, 3.8) is 0 Å². The van der Waals surface area contributed by atoms with Gasteiger partial charge in [-0.15, -0.1) is 12.4 Å². The molecule has 2 rings (SSSR count). The maximum absolute atomic E-state index is 12.6. The van der Waals surface area contributed by atoms with Crippen LogP contribution in [0.4, 0.5) is 0 Å². The van der Waals surface area contributed by atoms with Crippen LogP contribution in [-0.4, -0.2) is 23.6 Å². The Balaban J connectivity index is 0.00000288. The molecule has 0 saturated heterocycles. The van der Waals surface area contributed by atoms with Gasteiger partial charge in [-0.2, -0.15) is 0 Å². The zero-order valence-corrected chi connectivity index (χ0v) is 15.3. The normalized spacial score (nSPS) is 10.5. The molecule has 1 aromatic carbocycles. The van der Waals surface area contributed by atoms with Crippen molar-refractivity contribution in [1.29, 1.82) is 0 Å². The highest BCUT2D eigenvalue weighted by Crippen LogP contribution is 2.18. The number of nitrogens with zero attached hydrogens (tertiary/aromatic N) is 1. The summed E-state index contributed by atoms with van der Waals surface area (Å²) in [5, 5.41) is 3.82. The number of unbranched alkanes of at least 4 members (excludes halogenated alkanes) is 1. The molecule has 132 valence electrons. The van der Waals surface area contributed by atoms with Crippen LogP contribution in [0.25, 0.3) is 10.9 Å². The summed E-state index contributed by atoms with van der Waals surface area (Å²) in [6, 6.07) is 5.12. The SMILES string of the molecule is CCCCn1cc(C(=O)NCCCN)c(=O)c2ccc(Cl)cc21.Cl. The molecule has 0 unspecified atom stereocenters. The Morgan fingerprint density at radius 3 is 2.75 bits per heavy atom. The Kier molecular flexibility index (Phi) is 8.25. The van der Waals surface area contributed by atoms with Crippen LogP contribution in [0.5, 0.6) is 0 Å². The van der Waals surface area contributed by atoms with Crippen molar-refractivity contribution >= 4 is 40.8 Å². The third-order valence-corrected chi connectivity index (χ3v) is 3.94. The molecule has 1 amide bonds. The molecule has 5 nitrogen and oxygen atoms in total. The van der Waals surface area contributed by atoms with Crippen LogP contribution < -0.4 is 16.5 Å². The van der Waals surface area contributed by atoms with Crippen molar-refractivity contribution in [3.8, 4) is 0 Å². The van der Waals surface area contributed by atoms with Crippen molar-refractivity contribution in [3.05, 3.63) is 45.2 Å². The molecule has 0 atom stereocenters. The number of hydrogen-bond acceptors (Lipinski definition) is 3. The van der Waals surface area contributed by atoms with Crippen molar-refractivity contribution < 1.29 is 4.79 Å². The van der Waals surface area contributed by atoms with Gasteiger partial charge in [-0.3, -0.25) is 9.59 Å². The Labute approximate surface area is 152 Å². The second-order valence-electron chi connectivity index (χ2n) is 5.48. The van der Waals surface area contributed by atoms with Gasteiger partial charge >= 0.3 is 0 Å². The molecule has 0 radical (unpaired) electrons. The van der Waals surface area contributed by atoms with Crippen molar-refractivity contribution in [1.82, 2.24) is 9.88 Å². The standard InChI is InChI=1S/C17H22ClN3O2.ClH/c1-2-3-9-21-11-14(17(23)20-8-4-7-19)16(22)13-6-5-12(18)10-15(13)21;/h5-6,10-11H,2-4,7-9,19H2,1H3,(H,20,23);1H. The van der Waals surface area contributed by atoms with Gasteiger partial charge < -0.3 is 15.6 Å². The first-order valence-electron chi connectivity index (χ1n) is 7.89. The maximum Gasteiger partial charge on any atom is 0.256 e. The number of rotatable bonds is 7. The minimum absolute atomic E-state index is 0. The van der Waals surface area contributed by atoms with E-state index in [-0.39, 0.29) is 29.3 Å². The van der Waals surface area contributed by atoms with E-state index in [0.717, 1.165) is 24.9 Å². The van der Waals surface area contributed by atoms with E-state index in [2.05, 4.69) is 12.2 Å². The Bertz CT molecular complexity index is 759. The molecule has 0 bridgehead atoms. The average molecular weight is 372 g/mol. The molecule has 0 aliphatic rings. The predicted octanol–water partition coefficient (Wildman–Crippen LogP) is 2.96. The fourth-order valence-electron chi connectivity index (χ4n) is 2.44. The highest BCUT2D eigenvalue weighted by Gasteiger charge is 2.15. The van der Waals surface area contributed by atoms with Crippen LogP contribution in [-0.2, 0) is 6.54 Å². The third kappa shape index (κ3) is 4.72. The number of amides is 1. The van der Waals surface area contributed by atoms with Gasteiger partial charge in [-0.05, 0) is 37.6 Å². The van der Waals surface area contributed by atoms with Crippen molar-refractivity contribution in [2.45, 2.75) is 32.7 Å². The lowest BCUT2D eigenvalue weighted by molar-refractivity contribution is 0.0952. The van der Waals surface area contributed by atoms with E-state index in [9.17, 15) is 9.59 Å². The van der Waals surface area contributed by atoms with Crippen LogP contribution in [0.15, 0.2) is 29.2 Å². The summed E-state index contributed by atoms with van der Waals surface area (Å²) < 4.78 is 1.93. The van der Waals surface area contributed by atoms with E-state index >= 15 is 0 Å². The van der Waals surface area contributed by atoms with Crippen LogP contribution in [0, 0.1) is 0 Å². The molecule has 2 aromatic rings.